The quantitative estimate of drug-likeness (QED) is 0.239. The number of carbonyl (C=O) groups excluding carboxylic acids is 1. The van der Waals surface area contributed by atoms with Gasteiger partial charge in [-0.2, -0.15) is 0 Å². The lowest BCUT2D eigenvalue weighted by Crippen LogP contribution is -2.10. The number of hydrogen-bond donors (Lipinski definition) is 1. The van der Waals surface area contributed by atoms with Gasteiger partial charge in [0, 0.05) is 51.7 Å². The Morgan fingerprint density at radius 3 is 2.10 bits per heavy atom. The molecule has 0 amide bonds. The van der Waals surface area contributed by atoms with E-state index in [-0.39, 0.29) is 16.9 Å². The van der Waals surface area contributed by atoms with Gasteiger partial charge < -0.3 is 14.1 Å². The number of benzene rings is 3. The molecule has 0 aliphatic heterocycles. The van der Waals surface area contributed by atoms with E-state index in [2.05, 4.69) is 70.6 Å². The van der Waals surface area contributed by atoms with Crippen LogP contribution in [0.1, 0.15) is 44.6 Å². The standard InChI is InChI=1S/C19H17NO3.C15H13N/c1-3-20-12(2)17(15-10-6-7-11-16(15)20)18(21)13-8-4-5-9-14(13)19(22)23;1-12-6-5-9-15-10-14(11-16(12)15)13-7-3-2-4-8-13/h4-11H,3H2,1-2H3,(H,22,23);2-11H,1H3. The first-order valence-electron chi connectivity index (χ1n) is 13.0. The number of para-hydroxylation sites is 1. The lowest BCUT2D eigenvalue weighted by molar-refractivity contribution is 0.0692. The van der Waals surface area contributed by atoms with E-state index in [9.17, 15) is 14.7 Å². The predicted octanol–water partition coefficient (Wildman–Crippen LogP) is 7.81. The highest BCUT2D eigenvalue weighted by Crippen LogP contribution is 2.29. The van der Waals surface area contributed by atoms with Crippen molar-refractivity contribution in [2.45, 2.75) is 27.3 Å². The molecular formula is C34H30N2O3. The van der Waals surface area contributed by atoms with Crippen LogP contribution in [0.2, 0.25) is 0 Å². The summed E-state index contributed by atoms with van der Waals surface area (Å²) in [5.41, 5.74) is 7.74. The Hall–Kier alpha value is -4.90. The van der Waals surface area contributed by atoms with Crippen LogP contribution in [0, 0.1) is 13.8 Å². The van der Waals surface area contributed by atoms with E-state index in [1.165, 1.54) is 28.4 Å². The topological polar surface area (TPSA) is 63.7 Å². The fourth-order valence-electron chi connectivity index (χ4n) is 5.20. The van der Waals surface area contributed by atoms with E-state index in [4.69, 9.17) is 0 Å². The third-order valence-electron chi connectivity index (χ3n) is 7.12. The van der Waals surface area contributed by atoms with Crippen molar-refractivity contribution in [1.82, 2.24) is 8.97 Å². The molecule has 1 N–H and O–H groups in total. The van der Waals surface area contributed by atoms with E-state index in [1.54, 1.807) is 18.2 Å². The summed E-state index contributed by atoms with van der Waals surface area (Å²) in [7, 11) is 0. The Bertz CT molecular complexity index is 1810. The summed E-state index contributed by atoms with van der Waals surface area (Å²) in [6, 6.07) is 33.1. The number of nitrogens with zero attached hydrogens (tertiary/aromatic N) is 2. The molecule has 0 bridgehead atoms. The molecule has 0 saturated carbocycles. The largest absolute Gasteiger partial charge is 0.478 e. The maximum absolute atomic E-state index is 13.1. The van der Waals surface area contributed by atoms with Crippen LogP contribution in [0.3, 0.4) is 0 Å². The van der Waals surface area contributed by atoms with Crippen LogP contribution in [0.5, 0.6) is 0 Å². The molecule has 0 aliphatic carbocycles. The molecule has 0 radical (unpaired) electrons. The third kappa shape index (κ3) is 4.87. The van der Waals surface area contributed by atoms with Crippen LogP contribution in [-0.4, -0.2) is 25.8 Å². The Kier molecular flexibility index (Phi) is 7.15. The Morgan fingerprint density at radius 1 is 0.744 bits per heavy atom. The summed E-state index contributed by atoms with van der Waals surface area (Å²) >= 11 is 0. The smallest absolute Gasteiger partial charge is 0.336 e. The number of ketones is 1. The van der Waals surface area contributed by atoms with Crippen LogP contribution in [0.25, 0.3) is 27.5 Å². The number of pyridine rings is 1. The monoisotopic (exact) mass is 514 g/mol. The molecule has 0 fully saturated rings. The molecule has 39 heavy (non-hydrogen) atoms. The van der Waals surface area contributed by atoms with Gasteiger partial charge in [0.15, 0.2) is 5.78 Å². The second-order valence-electron chi connectivity index (χ2n) is 9.46. The summed E-state index contributed by atoms with van der Waals surface area (Å²) in [6.45, 7) is 6.81. The molecule has 5 heteroatoms. The van der Waals surface area contributed by atoms with E-state index >= 15 is 0 Å². The number of aryl methyl sites for hydroxylation is 2. The number of carboxylic acids is 1. The molecule has 0 unspecified atom stereocenters. The summed E-state index contributed by atoms with van der Waals surface area (Å²) in [5, 5.41) is 10.2. The van der Waals surface area contributed by atoms with Crippen LogP contribution < -0.4 is 0 Å². The third-order valence-corrected chi connectivity index (χ3v) is 7.12. The molecule has 0 atom stereocenters. The van der Waals surface area contributed by atoms with Crippen LogP contribution in [0.15, 0.2) is 109 Å². The van der Waals surface area contributed by atoms with Gasteiger partial charge in [0.05, 0.1) is 11.1 Å². The molecule has 6 rings (SSSR count). The van der Waals surface area contributed by atoms with Crippen molar-refractivity contribution >= 4 is 28.2 Å². The van der Waals surface area contributed by atoms with Gasteiger partial charge in [-0.25, -0.2) is 4.79 Å². The lowest BCUT2D eigenvalue weighted by atomic mass is 9.96. The molecule has 0 aliphatic rings. The van der Waals surface area contributed by atoms with Gasteiger partial charge in [0.2, 0.25) is 0 Å². The second kappa shape index (κ2) is 10.8. The normalized spacial score (nSPS) is 10.8. The number of hydrogen-bond acceptors (Lipinski definition) is 2. The van der Waals surface area contributed by atoms with Crippen molar-refractivity contribution in [2.24, 2.45) is 0 Å². The van der Waals surface area contributed by atoms with E-state index in [1.807, 2.05) is 44.2 Å². The summed E-state index contributed by atoms with van der Waals surface area (Å²) in [4.78, 5) is 24.5. The maximum atomic E-state index is 13.1. The number of fused-ring (bicyclic) bond motifs is 2. The fraction of sp³-hybridized carbons (Fsp3) is 0.118. The fourth-order valence-corrected chi connectivity index (χ4v) is 5.20. The highest BCUT2D eigenvalue weighted by Gasteiger charge is 2.23. The minimum absolute atomic E-state index is 0.0326. The predicted molar refractivity (Wildman–Crippen MR) is 157 cm³/mol. The van der Waals surface area contributed by atoms with Crippen molar-refractivity contribution in [1.29, 1.82) is 0 Å². The number of aromatic carboxylic acids is 1. The average molecular weight is 515 g/mol. The van der Waals surface area contributed by atoms with Crippen LogP contribution in [-0.2, 0) is 6.54 Å². The van der Waals surface area contributed by atoms with Gasteiger partial charge in [-0.3, -0.25) is 4.79 Å². The maximum Gasteiger partial charge on any atom is 0.336 e. The first-order chi connectivity index (χ1) is 18.9. The van der Waals surface area contributed by atoms with Gasteiger partial charge in [-0.1, -0.05) is 72.8 Å². The average Bonchev–Trinajstić information content (AvgIpc) is 3.53. The van der Waals surface area contributed by atoms with Gasteiger partial charge in [0.1, 0.15) is 0 Å². The van der Waals surface area contributed by atoms with Gasteiger partial charge in [-0.05, 0) is 56.7 Å². The number of rotatable bonds is 5. The molecule has 3 heterocycles. The first-order valence-corrected chi connectivity index (χ1v) is 13.0. The van der Waals surface area contributed by atoms with Crippen molar-refractivity contribution in [3.63, 3.8) is 0 Å². The number of aromatic nitrogens is 2. The van der Waals surface area contributed by atoms with Gasteiger partial charge in [0.25, 0.3) is 0 Å². The van der Waals surface area contributed by atoms with E-state index in [0.717, 1.165) is 23.1 Å². The minimum atomic E-state index is -1.09. The highest BCUT2D eigenvalue weighted by atomic mass is 16.4. The SMILES string of the molecule is CCn1c(C)c(C(=O)c2ccccc2C(=O)O)c2ccccc21.Cc1cccc2cc(-c3ccccc3)cn12. The Balaban J connectivity index is 0.000000168. The Morgan fingerprint density at radius 2 is 1.41 bits per heavy atom. The molecular weight excluding hydrogens is 484 g/mol. The van der Waals surface area contributed by atoms with E-state index < -0.39 is 5.97 Å². The van der Waals surface area contributed by atoms with Crippen molar-refractivity contribution in [3.8, 4) is 11.1 Å². The van der Waals surface area contributed by atoms with Crippen LogP contribution >= 0.6 is 0 Å². The highest BCUT2D eigenvalue weighted by molar-refractivity contribution is 6.20. The van der Waals surface area contributed by atoms with Crippen LogP contribution in [0.4, 0.5) is 0 Å². The van der Waals surface area contributed by atoms with Gasteiger partial charge >= 0.3 is 5.97 Å². The zero-order valence-electron chi connectivity index (χ0n) is 22.3. The number of carbonyl (C=O) groups is 2. The molecule has 5 nitrogen and oxygen atoms in total. The van der Waals surface area contributed by atoms with Crippen molar-refractivity contribution in [2.75, 3.05) is 0 Å². The molecule has 0 saturated heterocycles. The van der Waals surface area contributed by atoms with E-state index in [0.29, 0.717) is 5.56 Å². The number of carboxylic acid groups (broad SMARTS) is 1. The first kappa shape index (κ1) is 25.7. The zero-order valence-corrected chi connectivity index (χ0v) is 22.3. The molecule has 3 aromatic carbocycles. The minimum Gasteiger partial charge on any atom is -0.478 e. The van der Waals surface area contributed by atoms with Crippen molar-refractivity contribution < 1.29 is 14.7 Å². The van der Waals surface area contributed by atoms with Crippen molar-refractivity contribution in [3.05, 3.63) is 137 Å². The summed E-state index contributed by atoms with van der Waals surface area (Å²) in [5.74, 6) is -1.34. The molecule has 3 aromatic heterocycles. The molecule has 194 valence electrons. The van der Waals surface area contributed by atoms with Gasteiger partial charge in [-0.15, -0.1) is 0 Å². The second-order valence-corrected chi connectivity index (χ2v) is 9.46. The summed E-state index contributed by atoms with van der Waals surface area (Å²) < 4.78 is 4.30. The lowest BCUT2D eigenvalue weighted by Gasteiger charge is -2.07. The summed E-state index contributed by atoms with van der Waals surface area (Å²) in [6.07, 6.45) is 2.19. The zero-order chi connectivity index (χ0) is 27.5. The molecule has 0 spiro atoms. The Labute approximate surface area is 227 Å². The molecule has 6 aromatic rings.